The number of hydrogen-bond acceptors (Lipinski definition) is 7. The zero-order valence-electron chi connectivity index (χ0n) is 15.5. The van der Waals surface area contributed by atoms with Gasteiger partial charge < -0.3 is 14.8 Å². The molecule has 0 aromatic heterocycles. The lowest BCUT2D eigenvalue weighted by Crippen LogP contribution is -2.30. The van der Waals surface area contributed by atoms with Gasteiger partial charge in [0.15, 0.2) is 12.4 Å². The Balaban J connectivity index is 1.76. The van der Waals surface area contributed by atoms with Crippen LogP contribution in [0.5, 0.6) is 5.75 Å². The van der Waals surface area contributed by atoms with Crippen LogP contribution in [0.25, 0.3) is 0 Å². The minimum Gasteiger partial charge on any atom is -0.490 e. The summed E-state index contributed by atoms with van der Waals surface area (Å²) in [5.74, 6) is -0.561. The predicted molar refractivity (Wildman–Crippen MR) is 105 cm³/mol. The number of hydrogen-bond donors (Lipinski definition) is 1. The summed E-state index contributed by atoms with van der Waals surface area (Å²) in [5.41, 5.74) is 0.798. The van der Waals surface area contributed by atoms with Crippen molar-refractivity contribution in [3.05, 3.63) is 63.7 Å². The number of benzene rings is 2. The summed E-state index contributed by atoms with van der Waals surface area (Å²) in [6.07, 6.45) is 0. The number of methoxy groups -OCH3 is 1. The summed E-state index contributed by atoms with van der Waals surface area (Å²) in [4.78, 5) is 35.2. The minimum absolute atomic E-state index is 0.0322. The topological polar surface area (TPSA) is 108 Å². The van der Waals surface area contributed by atoms with Gasteiger partial charge in [-0.25, -0.2) is 4.79 Å². The molecule has 148 valence electrons. The Morgan fingerprint density at radius 3 is 2.54 bits per heavy atom. The highest BCUT2D eigenvalue weighted by atomic mass is 32.2. The number of thioether (sulfide) groups is 1. The molecular weight excluding hydrogens is 384 g/mol. The van der Waals surface area contributed by atoms with Crippen molar-refractivity contribution in [3.8, 4) is 5.75 Å². The summed E-state index contributed by atoms with van der Waals surface area (Å²) in [7, 11) is 1.29. The number of carbonyl (C=O) groups is 2. The van der Waals surface area contributed by atoms with E-state index in [0.29, 0.717) is 12.3 Å². The molecule has 0 spiro atoms. The van der Waals surface area contributed by atoms with E-state index in [0.717, 1.165) is 11.0 Å². The first-order valence-electron chi connectivity index (χ1n) is 8.36. The van der Waals surface area contributed by atoms with Crippen molar-refractivity contribution in [2.24, 2.45) is 0 Å². The fourth-order valence-electron chi connectivity index (χ4n) is 2.22. The highest BCUT2D eigenvalue weighted by molar-refractivity contribution is 7.99. The normalized spacial score (nSPS) is 10.2. The molecule has 0 aliphatic heterocycles. The molecule has 1 amide bonds. The van der Waals surface area contributed by atoms with E-state index in [9.17, 15) is 19.7 Å². The van der Waals surface area contributed by atoms with Gasteiger partial charge in [0.25, 0.3) is 5.91 Å². The number of ether oxygens (including phenoxy) is 2. The summed E-state index contributed by atoms with van der Waals surface area (Å²) in [5, 5.41) is 13.6. The third kappa shape index (κ3) is 6.27. The Labute approximate surface area is 166 Å². The molecule has 8 nitrogen and oxygen atoms in total. The van der Waals surface area contributed by atoms with Crippen LogP contribution in [-0.2, 0) is 9.53 Å². The molecule has 9 heteroatoms. The van der Waals surface area contributed by atoms with Gasteiger partial charge in [-0.2, -0.15) is 0 Å². The van der Waals surface area contributed by atoms with E-state index in [1.165, 1.54) is 24.8 Å². The molecule has 0 aliphatic rings. The molecule has 2 aromatic carbocycles. The molecule has 0 fully saturated rings. The van der Waals surface area contributed by atoms with Crippen molar-refractivity contribution >= 4 is 29.3 Å². The second-order valence-electron chi connectivity index (χ2n) is 5.73. The molecule has 0 bridgehead atoms. The number of rotatable bonds is 9. The van der Waals surface area contributed by atoms with Crippen molar-refractivity contribution in [1.29, 1.82) is 0 Å². The molecule has 2 rings (SSSR count). The number of carbonyl (C=O) groups excluding carboxylic acids is 2. The maximum absolute atomic E-state index is 12.0. The molecule has 0 saturated heterocycles. The Bertz CT molecular complexity index is 854. The number of amides is 1. The van der Waals surface area contributed by atoms with E-state index in [2.05, 4.69) is 5.32 Å². The van der Waals surface area contributed by atoms with Crippen LogP contribution in [-0.4, -0.2) is 42.8 Å². The van der Waals surface area contributed by atoms with Crippen LogP contribution in [0, 0.1) is 17.0 Å². The van der Waals surface area contributed by atoms with E-state index in [1.54, 1.807) is 11.8 Å². The lowest BCUT2D eigenvalue weighted by molar-refractivity contribution is -0.385. The molecule has 1 N–H and O–H groups in total. The first-order valence-corrected chi connectivity index (χ1v) is 9.35. The molecular formula is C19H20N2O6S. The highest BCUT2D eigenvalue weighted by Gasteiger charge is 2.19. The van der Waals surface area contributed by atoms with E-state index >= 15 is 0 Å². The maximum atomic E-state index is 12.0. The first-order chi connectivity index (χ1) is 13.4. The van der Waals surface area contributed by atoms with E-state index in [1.807, 2.05) is 31.2 Å². The Morgan fingerprint density at radius 1 is 1.18 bits per heavy atom. The zero-order chi connectivity index (χ0) is 20.5. The van der Waals surface area contributed by atoms with Gasteiger partial charge >= 0.3 is 11.7 Å². The molecule has 28 heavy (non-hydrogen) atoms. The lowest BCUT2D eigenvalue weighted by Gasteiger charge is -2.08. The van der Waals surface area contributed by atoms with Gasteiger partial charge in [-0.15, -0.1) is 11.8 Å². The third-order valence-electron chi connectivity index (χ3n) is 3.66. The fourth-order valence-corrected chi connectivity index (χ4v) is 2.99. The Kier molecular flexibility index (Phi) is 7.82. The Hall–Kier alpha value is -3.07. The quantitative estimate of drug-likeness (QED) is 0.225. The molecule has 0 aliphatic carbocycles. The zero-order valence-corrected chi connectivity index (χ0v) is 16.3. The van der Waals surface area contributed by atoms with E-state index in [4.69, 9.17) is 9.47 Å². The summed E-state index contributed by atoms with van der Waals surface area (Å²) in [6.45, 7) is 1.97. The van der Waals surface area contributed by atoms with Crippen LogP contribution >= 0.6 is 11.8 Å². The van der Waals surface area contributed by atoms with Crippen molar-refractivity contribution in [3.63, 3.8) is 0 Å². The Morgan fingerprint density at radius 2 is 1.89 bits per heavy atom. The number of aryl methyl sites for hydroxylation is 1. The number of nitrogens with one attached hydrogen (secondary N) is 1. The average molecular weight is 404 g/mol. The van der Waals surface area contributed by atoms with Crippen molar-refractivity contribution in [2.75, 3.05) is 26.0 Å². The summed E-state index contributed by atoms with van der Waals surface area (Å²) >= 11 is 1.60. The molecule has 0 atom stereocenters. The smallest absolute Gasteiger partial charge is 0.338 e. The monoisotopic (exact) mass is 404 g/mol. The van der Waals surface area contributed by atoms with Gasteiger partial charge in [-0.05, 0) is 31.2 Å². The second kappa shape index (κ2) is 10.3. The number of nitrogens with zero attached hydrogens (tertiary/aromatic N) is 1. The van der Waals surface area contributed by atoms with Gasteiger partial charge in [0.2, 0.25) is 0 Å². The summed E-state index contributed by atoms with van der Waals surface area (Å²) < 4.78 is 9.78. The number of nitro benzene ring substituents is 1. The van der Waals surface area contributed by atoms with Crippen LogP contribution < -0.4 is 10.1 Å². The van der Waals surface area contributed by atoms with E-state index in [-0.39, 0.29) is 17.0 Å². The van der Waals surface area contributed by atoms with Crippen molar-refractivity contribution < 1.29 is 24.0 Å². The van der Waals surface area contributed by atoms with E-state index < -0.39 is 23.4 Å². The minimum atomic E-state index is -0.824. The van der Waals surface area contributed by atoms with Gasteiger partial charge in [0, 0.05) is 23.3 Å². The van der Waals surface area contributed by atoms with Gasteiger partial charge in [-0.3, -0.25) is 14.9 Å². The van der Waals surface area contributed by atoms with Gasteiger partial charge in [-0.1, -0.05) is 17.7 Å². The lowest BCUT2D eigenvalue weighted by atomic mass is 10.2. The maximum Gasteiger partial charge on any atom is 0.338 e. The number of esters is 1. The average Bonchev–Trinajstić information content (AvgIpc) is 2.70. The molecule has 2 aromatic rings. The van der Waals surface area contributed by atoms with Crippen LogP contribution in [0.1, 0.15) is 15.9 Å². The van der Waals surface area contributed by atoms with Gasteiger partial charge in [0.1, 0.15) is 0 Å². The predicted octanol–water partition coefficient (Wildman–Crippen LogP) is 2.98. The second-order valence-corrected chi connectivity index (χ2v) is 6.90. The third-order valence-corrected chi connectivity index (χ3v) is 4.67. The fraction of sp³-hybridized carbons (Fsp3) is 0.263. The van der Waals surface area contributed by atoms with Crippen LogP contribution in [0.3, 0.4) is 0 Å². The van der Waals surface area contributed by atoms with Crippen LogP contribution in [0.2, 0.25) is 0 Å². The van der Waals surface area contributed by atoms with Gasteiger partial charge in [0.05, 0.1) is 17.6 Å². The largest absolute Gasteiger partial charge is 0.490 e. The highest BCUT2D eigenvalue weighted by Crippen LogP contribution is 2.27. The molecule has 0 radical (unpaired) electrons. The molecule has 0 unspecified atom stereocenters. The van der Waals surface area contributed by atoms with Crippen molar-refractivity contribution in [1.82, 2.24) is 5.32 Å². The van der Waals surface area contributed by atoms with Crippen LogP contribution in [0.15, 0.2) is 47.4 Å². The molecule has 0 heterocycles. The number of nitro groups is 1. The molecule has 0 saturated carbocycles. The first kappa shape index (κ1) is 21.2. The SMILES string of the molecule is COc1ccc(C(=O)OCC(=O)NCCSc2ccc(C)cc2)cc1[N+](=O)[O-]. The van der Waals surface area contributed by atoms with Crippen molar-refractivity contribution in [2.45, 2.75) is 11.8 Å². The van der Waals surface area contributed by atoms with Crippen LogP contribution in [0.4, 0.5) is 5.69 Å². The standard InChI is InChI=1S/C19H20N2O6S/c1-13-3-6-15(7-4-13)28-10-9-20-18(22)12-27-19(23)14-5-8-17(26-2)16(11-14)21(24)25/h3-8,11H,9-10,12H2,1-2H3,(H,20,22). The summed E-state index contributed by atoms with van der Waals surface area (Å²) in [6, 6.07) is 11.8.